The highest BCUT2D eigenvalue weighted by Gasteiger charge is 2.28. The number of benzene rings is 1. The first-order chi connectivity index (χ1) is 10.7. The van der Waals surface area contributed by atoms with Crippen LogP contribution >= 0.6 is 0 Å². The molecule has 120 valence electrons. The van der Waals surface area contributed by atoms with Gasteiger partial charge in [0, 0.05) is 30.6 Å². The second-order valence-corrected chi connectivity index (χ2v) is 5.94. The van der Waals surface area contributed by atoms with Crippen molar-refractivity contribution in [2.45, 2.75) is 38.3 Å². The predicted octanol–water partition coefficient (Wildman–Crippen LogP) is 2.73. The van der Waals surface area contributed by atoms with Crippen LogP contribution in [0.3, 0.4) is 0 Å². The van der Waals surface area contributed by atoms with Crippen LogP contribution < -0.4 is 10.5 Å². The van der Waals surface area contributed by atoms with E-state index in [1.807, 2.05) is 29.2 Å². The van der Waals surface area contributed by atoms with Gasteiger partial charge in [0.1, 0.15) is 5.75 Å². The molecule has 1 aliphatic carbocycles. The zero-order valence-corrected chi connectivity index (χ0v) is 13.3. The summed E-state index contributed by atoms with van der Waals surface area (Å²) in [5.74, 6) is 1.03. The van der Waals surface area contributed by atoms with Gasteiger partial charge in [-0.15, -0.1) is 6.58 Å². The molecule has 1 aliphatic rings. The fourth-order valence-corrected chi connectivity index (χ4v) is 3.14. The summed E-state index contributed by atoms with van der Waals surface area (Å²) in [5, 5.41) is 0. The molecule has 1 fully saturated rings. The number of carbonyl (C=O) groups excluding carboxylic acids is 1. The third-order valence-electron chi connectivity index (χ3n) is 4.28. The van der Waals surface area contributed by atoms with Crippen LogP contribution in [0.15, 0.2) is 36.9 Å². The van der Waals surface area contributed by atoms with Gasteiger partial charge in [-0.1, -0.05) is 30.7 Å². The smallest absolute Gasteiger partial charge is 0.226 e. The summed E-state index contributed by atoms with van der Waals surface area (Å²) in [4.78, 5) is 14.7. The third-order valence-corrected chi connectivity index (χ3v) is 4.28. The molecule has 1 aromatic rings. The molecule has 4 heteroatoms. The van der Waals surface area contributed by atoms with E-state index >= 15 is 0 Å². The Morgan fingerprint density at radius 1 is 1.45 bits per heavy atom. The number of ether oxygens (including phenoxy) is 1. The first-order valence-electron chi connectivity index (χ1n) is 7.92. The minimum atomic E-state index is 0.0402. The molecule has 0 spiro atoms. The number of hydrogen-bond donors (Lipinski definition) is 1. The molecule has 0 radical (unpaired) electrons. The summed E-state index contributed by atoms with van der Waals surface area (Å²) in [7, 11) is 1.65. The molecule has 2 rings (SSSR count). The van der Waals surface area contributed by atoms with E-state index in [-0.39, 0.29) is 17.9 Å². The minimum Gasteiger partial charge on any atom is -0.496 e. The van der Waals surface area contributed by atoms with Gasteiger partial charge in [-0.25, -0.2) is 0 Å². The van der Waals surface area contributed by atoms with E-state index in [0.29, 0.717) is 13.1 Å². The lowest BCUT2D eigenvalue weighted by molar-refractivity contribution is -0.136. The average molecular weight is 302 g/mol. The van der Waals surface area contributed by atoms with Crippen molar-refractivity contribution >= 4 is 5.91 Å². The zero-order chi connectivity index (χ0) is 15.9. The Bertz CT molecular complexity index is 516. The zero-order valence-electron chi connectivity index (χ0n) is 13.3. The molecule has 0 saturated heterocycles. The largest absolute Gasteiger partial charge is 0.496 e. The Morgan fingerprint density at radius 2 is 2.23 bits per heavy atom. The fraction of sp³-hybridized carbons (Fsp3) is 0.500. The number of para-hydroxylation sites is 1. The average Bonchev–Trinajstić information content (AvgIpc) is 2.54. The highest BCUT2D eigenvalue weighted by Crippen LogP contribution is 2.27. The van der Waals surface area contributed by atoms with Crippen molar-refractivity contribution in [1.29, 1.82) is 0 Å². The molecule has 0 heterocycles. The summed E-state index contributed by atoms with van der Waals surface area (Å²) < 4.78 is 5.38. The predicted molar refractivity (Wildman–Crippen MR) is 88.5 cm³/mol. The van der Waals surface area contributed by atoms with Crippen molar-refractivity contribution in [3.05, 3.63) is 42.5 Å². The van der Waals surface area contributed by atoms with Crippen molar-refractivity contribution in [1.82, 2.24) is 4.90 Å². The van der Waals surface area contributed by atoms with Crippen LogP contribution in [0.25, 0.3) is 0 Å². The monoisotopic (exact) mass is 302 g/mol. The number of nitrogens with zero attached hydrogens (tertiary/aromatic N) is 1. The lowest BCUT2D eigenvalue weighted by Gasteiger charge is -2.31. The lowest BCUT2D eigenvalue weighted by Crippen LogP contribution is -2.40. The van der Waals surface area contributed by atoms with Gasteiger partial charge in [-0.3, -0.25) is 4.79 Å². The minimum absolute atomic E-state index is 0.0402. The summed E-state index contributed by atoms with van der Waals surface area (Å²) in [6.45, 7) is 4.86. The second-order valence-electron chi connectivity index (χ2n) is 5.94. The van der Waals surface area contributed by atoms with Gasteiger partial charge < -0.3 is 15.4 Å². The molecule has 0 unspecified atom stereocenters. The van der Waals surface area contributed by atoms with E-state index in [1.165, 1.54) is 0 Å². The molecule has 1 saturated carbocycles. The normalized spacial score (nSPS) is 21.2. The van der Waals surface area contributed by atoms with Crippen molar-refractivity contribution in [3.63, 3.8) is 0 Å². The number of carbonyl (C=O) groups is 1. The molecule has 0 aliphatic heterocycles. The topological polar surface area (TPSA) is 55.6 Å². The lowest BCUT2D eigenvalue weighted by atomic mass is 9.85. The van der Waals surface area contributed by atoms with E-state index in [2.05, 4.69) is 6.58 Å². The highest BCUT2D eigenvalue weighted by atomic mass is 16.5. The number of hydrogen-bond acceptors (Lipinski definition) is 3. The van der Waals surface area contributed by atoms with Gasteiger partial charge in [-0.05, 0) is 25.3 Å². The highest BCUT2D eigenvalue weighted by molar-refractivity contribution is 5.79. The Labute approximate surface area is 132 Å². The summed E-state index contributed by atoms with van der Waals surface area (Å²) in [6, 6.07) is 7.96. The van der Waals surface area contributed by atoms with Gasteiger partial charge in [-0.2, -0.15) is 0 Å². The molecule has 0 bridgehead atoms. The maximum absolute atomic E-state index is 12.8. The van der Waals surface area contributed by atoms with Crippen LogP contribution in [-0.4, -0.2) is 30.5 Å². The standard InChI is InChI=1S/C18H26N2O2/c1-3-11-20(13-15-7-4-5-10-17(15)22-2)18(21)14-8-6-9-16(19)12-14/h3-5,7,10,14,16H,1,6,8-9,11-13,19H2,2H3/t14-,16+/m1/s1. The Morgan fingerprint density at radius 3 is 2.91 bits per heavy atom. The van der Waals surface area contributed by atoms with Gasteiger partial charge in [0.25, 0.3) is 0 Å². The second kappa shape index (κ2) is 7.99. The molecule has 1 amide bonds. The first-order valence-corrected chi connectivity index (χ1v) is 7.92. The van der Waals surface area contributed by atoms with Gasteiger partial charge in [0.05, 0.1) is 7.11 Å². The van der Waals surface area contributed by atoms with E-state index in [0.717, 1.165) is 37.0 Å². The first kappa shape index (κ1) is 16.6. The van der Waals surface area contributed by atoms with Crippen molar-refractivity contribution in [2.75, 3.05) is 13.7 Å². The summed E-state index contributed by atoms with van der Waals surface area (Å²) in [6.07, 6.45) is 5.56. The quantitative estimate of drug-likeness (QED) is 0.822. The number of rotatable bonds is 6. The van der Waals surface area contributed by atoms with E-state index in [9.17, 15) is 4.79 Å². The maximum atomic E-state index is 12.8. The number of nitrogens with two attached hydrogens (primary N) is 1. The molecule has 2 atom stereocenters. The van der Waals surface area contributed by atoms with Crippen LogP contribution in [0.1, 0.15) is 31.2 Å². The maximum Gasteiger partial charge on any atom is 0.226 e. The fourth-order valence-electron chi connectivity index (χ4n) is 3.14. The van der Waals surface area contributed by atoms with E-state index < -0.39 is 0 Å². The van der Waals surface area contributed by atoms with Crippen molar-refractivity contribution < 1.29 is 9.53 Å². The molecule has 4 nitrogen and oxygen atoms in total. The van der Waals surface area contributed by atoms with Crippen LogP contribution in [-0.2, 0) is 11.3 Å². The molecule has 0 aromatic heterocycles. The molecular formula is C18H26N2O2. The number of amides is 1. The Hall–Kier alpha value is -1.81. The SMILES string of the molecule is C=CCN(Cc1ccccc1OC)C(=O)[C@@H]1CCC[C@H](N)C1. The number of methoxy groups -OCH3 is 1. The van der Waals surface area contributed by atoms with Crippen molar-refractivity contribution in [3.8, 4) is 5.75 Å². The van der Waals surface area contributed by atoms with E-state index in [4.69, 9.17) is 10.5 Å². The summed E-state index contributed by atoms with van der Waals surface area (Å²) >= 11 is 0. The van der Waals surface area contributed by atoms with Gasteiger partial charge >= 0.3 is 0 Å². The van der Waals surface area contributed by atoms with Crippen LogP contribution in [0.5, 0.6) is 5.75 Å². The molecule has 1 aromatic carbocycles. The van der Waals surface area contributed by atoms with E-state index in [1.54, 1.807) is 13.2 Å². The Kier molecular flexibility index (Phi) is 6.01. The van der Waals surface area contributed by atoms with Gasteiger partial charge in [0.2, 0.25) is 5.91 Å². The Balaban J connectivity index is 2.11. The van der Waals surface area contributed by atoms with Crippen LogP contribution in [0.4, 0.5) is 0 Å². The van der Waals surface area contributed by atoms with Crippen molar-refractivity contribution in [2.24, 2.45) is 11.7 Å². The van der Waals surface area contributed by atoms with Crippen LogP contribution in [0, 0.1) is 5.92 Å². The van der Waals surface area contributed by atoms with Crippen LogP contribution in [0.2, 0.25) is 0 Å². The molecular weight excluding hydrogens is 276 g/mol. The molecule has 22 heavy (non-hydrogen) atoms. The molecule has 2 N–H and O–H groups in total. The van der Waals surface area contributed by atoms with Gasteiger partial charge in [0.15, 0.2) is 0 Å². The third kappa shape index (κ3) is 4.10. The summed E-state index contributed by atoms with van der Waals surface area (Å²) in [5.41, 5.74) is 7.04.